The summed E-state index contributed by atoms with van der Waals surface area (Å²) < 4.78 is 0. The van der Waals surface area contributed by atoms with Gasteiger partial charge in [0.15, 0.2) is 0 Å². The number of hydrogen-bond donors (Lipinski definition) is 0. The Bertz CT molecular complexity index is 503. The maximum atomic E-state index is 2.42. The summed E-state index contributed by atoms with van der Waals surface area (Å²) >= 11 is 0. The fourth-order valence-electron chi connectivity index (χ4n) is 3.29. The standard InChI is InChI=1S/C17H21.Li/c1-2-13-11-15-9-6-10-16(17(15)12-13)14-7-4-3-5-8-14;/h6,9-12,14H,2-5,7-8H2,1H3;/q-1;+1. The van der Waals surface area contributed by atoms with E-state index in [4.69, 9.17) is 0 Å². The molecule has 0 atom stereocenters. The summed E-state index contributed by atoms with van der Waals surface area (Å²) in [4.78, 5) is 0. The summed E-state index contributed by atoms with van der Waals surface area (Å²) in [7, 11) is 0. The van der Waals surface area contributed by atoms with Gasteiger partial charge >= 0.3 is 18.9 Å². The summed E-state index contributed by atoms with van der Waals surface area (Å²) in [5.41, 5.74) is 3.10. The largest absolute Gasteiger partial charge is 1.00 e. The maximum absolute atomic E-state index is 2.42. The number of rotatable bonds is 2. The van der Waals surface area contributed by atoms with E-state index in [1.807, 2.05) is 0 Å². The molecule has 0 amide bonds. The Kier molecular flexibility index (Phi) is 4.65. The molecule has 3 rings (SSSR count). The van der Waals surface area contributed by atoms with E-state index in [0.29, 0.717) is 0 Å². The average molecular weight is 232 g/mol. The molecule has 0 nitrogen and oxygen atoms in total. The second-order valence-electron chi connectivity index (χ2n) is 5.40. The fourth-order valence-corrected chi connectivity index (χ4v) is 3.29. The Morgan fingerprint density at radius 3 is 2.67 bits per heavy atom. The minimum atomic E-state index is 0. The van der Waals surface area contributed by atoms with Crippen molar-refractivity contribution in [2.75, 3.05) is 0 Å². The van der Waals surface area contributed by atoms with Gasteiger partial charge in [-0.15, -0.1) is 34.5 Å². The molecule has 1 saturated carbocycles. The topological polar surface area (TPSA) is 0 Å². The monoisotopic (exact) mass is 232 g/mol. The van der Waals surface area contributed by atoms with Crippen LogP contribution in [0.3, 0.4) is 0 Å². The first-order chi connectivity index (χ1) is 8.38. The Labute approximate surface area is 122 Å². The second kappa shape index (κ2) is 6.05. The van der Waals surface area contributed by atoms with Gasteiger partial charge < -0.3 is 0 Å². The van der Waals surface area contributed by atoms with E-state index in [1.165, 1.54) is 48.4 Å². The molecule has 1 aliphatic rings. The summed E-state index contributed by atoms with van der Waals surface area (Å²) in [6.07, 6.45) is 8.22. The van der Waals surface area contributed by atoms with Crippen LogP contribution in [0.1, 0.15) is 56.1 Å². The maximum Gasteiger partial charge on any atom is 1.00 e. The fraction of sp³-hybridized carbons (Fsp3) is 0.471. The molecule has 0 heterocycles. The van der Waals surface area contributed by atoms with Crippen molar-refractivity contribution in [2.24, 2.45) is 0 Å². The normalized spacial score (nSPS) is 16.7. The van der Waals surface area contributed by atoms with Crippen molar-refractivity contribution in [1.29, 1.82) is 0 Å². The molecule has 0 aromatic heterocycles. The van der Waals surface area contributed by atoms with Gasteiger partial charge in [-0.2, -0.15) is 6.07 Å². The van der Waals surface area contributed by atoms with Crippen LogP contribution in [0.5, 0.6) is 0 Å². The van der Waals surface area contributed by atoms with Crippen LogP contribution in [-0.4, -0.2) is 0 Å². The van der Waals surface area contributed by atoms with Gasteiger partial charge in [0.1, 0.15) is 0 Å². The van der Waals surface area contributed by atoms with Crippen molar-refractivity contribution in [1.82, 2.24) is 0 Å². The summed E-state index contributed by atoms with van der Waals surface area (Å²) in [5.74, 6) is 0.819. The van der Waals surface area contributed by atoms with Gasteiger partial charge in [-0.25, -0.2) is 0 Å². The van der Waals surface area contributed by atoms with Gasteiger partial charge in [0.25, 0.3) is 0 Å². The van der Waals surface area contributed by atoms with E-state index in [9.17, 15) is 0 Å². The molecular formula is C17H21Li. The van der Waals surface area contributed by atoms with E-state index in [-0.39, 0.29) is 18.9 Å². The van der Waals surface area contributed by atoms with Crippen LogP contribution >= 0.6 is 0 Å². The first kappa shape index (κ1) is 13.8. The summed E-state index contributed by atoms with van der Waals surface area (Å²) in [6, 6.07) is 11.6. The van der Waals surface area contributed by atoms with Crippen LogP contribution in [-0.2, 0) is 6.42 Å². The number of fused-ring (bicyclic) bond motifs is 1. The second-order valence-corrected chi connectivity index (χ2v) is 5.40. The van der Waals surface area contributed by atoms with Crippen LogP contribution in [0.4, 0.5) is 0 Å². The third-order valence-electron chi connectivity index (χ3n) is 4.30. The minimum absolute atomic E-state index is 0. The molecule has 0 aliphatic heterocycles. The zero-order chi connectivity index (χ0) is 11.7. The van der Waals surface area contributed by atoms with Gasteiger partial charge in [-0.1, -0.05) is 37.8 Å². The molecule has 2 aromatic rings. The van der Waals surface area contributed by atoms with Crippen LogP contribution in [0, 0.1) is 0 Å². The first-order valence-corrected chi connectivity index (χ1v) is 7.06. The predicted molar refractivity (Wildman–Crippen MR) is 74.7 cm³/mol. The molecule has 0 saturated heterocycles. The molecule has 90 valence electrons. The van der Waals surface area contributed by atoms with Crippen LogP contribution in [0.25, 0.3) is 10.8 Å². The molecule has 18 heavy (non-hydrogen) atoms. The van der Waals surface area contributed by atoms with E-state index in [0.717, 1.165) is 12.3 Å². The van der Waals surface area contributed by atoms with E-state index in [2.05, 4.69) is 37.3 Å². The summed E-state index contributed by atoms with van der Waals surface area (Å²) in [5, 5.41) is 2.97. The Morgan fingerprint density at radius 2 is 1.94 bits per heavy atom. The Balaban J connectivity index is 0.00000120. The molecule has 1 fully saturated rings. The van der Waals surface area contributed by atoms with Crippen molar-refractivity contribution < 1.29 is 18.9 Å². The van der Waals surface area contributed by atoms with Gasteiger partial charge in [-0.3, -0.25) is 0 Å². The third kappa shape index (κ3) is 2.56. The van der Waals surface area contributed by atoms with Crippen LogP contribution in [0.15, 0.2) is 30.3 Å². The molecular weight excluding hydrogens is 211 g/mol. The molecule has 2 aromatic carbocycles. The molecule has 1 heteroatoms. The van der Waals surface area contributed by atoms with E-state index in [1.54, 1.807) is 5.56 Å². The van der Waals surface area contributed by atoms with Gasteiger partial charge in [0.05, 0.1) is 0 Å². The molecule has 1 aliphatic carbocycles. The van der Waals surface area contributed by atoms with Crippen LogP contribution in [0.2, 0.25) is 0 Å². The molecule has 0 spiro atoms. The Morgan fingerprint density at radius 1 is 1.17 bits per heavy atom. The van der Waals surface area contributed by atoms with Gasteiger partial charge in [0, 0.05) is 0 Å². The van der Waals surface area contributed by atoms with Crippen molar-refractivity contribution in [3.8, 4) is 0 Å². The van der Waals surface area contributed by atoms with Crippen molar-refractivity contribution in [2.45, 2.75) is 51.4 Å². The number of hydrogen-bond acceptors (Lipinski definition) is 0. The van der Waals surface area contributed by atoms with Crippen LogP contribution < -0.4 is 18.9 Å². The van der Waals surface area contributed by atoms with Crippen molar-refractivity contribution in [3.63, 3.8) is 0 Å². The minimum Gasteiger partial charge on any atom is -0.165 e. The third-order valence-corrected chi connectivity index (χ3v) is 4.30. The quantitative estimate of drug-likeness (QED) is 0.550. The summed E-state index contributed by atoms with van der Waals surface area (Å²) in [6.45, 7) is 2.24. The van der Waals surface area contributed by atoms with Crippen molar-refractivity contribution >= 4 is 10.8 Å². The van der Waals surface area contributed by atoms with E-state index >= 15 is 0 Å². The first-order valence-electron chi connectivity index (χ1n) is 7.06. The molecule has 0 radical (unpaired) electrons. The van der Waals surface area contributed by atoms with Gasteiger partial charge in [0.2, 0.25) is 0 Å². The van der Waals surface area contributed by atoms with E-state index < -0.39 is 0 Å². The zero-order valence-corrected chi connectivity index (χ0v) is 11.7. The molecule has 0 bridgehead atoms. The number of aryl methyl sites for hydroxylation is 1. The van der Waals surface area contributed by atoms with Gasteiger partial charge in [-0.05, 0) is 25.2 Å². The molecule has 0 N–H and O–H groups in total. The average Bonchev–Trinajstić information content (AvgIpc) is 2.82. The van der Waals surface area contributed by atoms with Crippen molar-refractivity contribution in [3.05, 3.63) is 41.5 Å². The Hall–Kier alpha value is -0.573. The smallest absolute Gasteiger partial charge is 0.165 e. The predicted octanol–water partition coefficient (Wildman–Crippen LogP) is 2.17. The SMILES string of the molecule is CCc1cc2c(C3CCCCC3)cccc2[cH-]1.[Li+]. The molecule has 0 unspecified atom stereocenters. The number of benzene rings is 1. The zero-order valence-electron chi connectivity index (χ0n) is 11.7.